The molecule has 0 bridgehead atoms. The van der Waals surface area contributed by atoms with Gasteiger partial charge in [-0.1, -0.05) is 35.0 Å². The molecule has 4 rings (SSSR count). The van der Waals surface area contributed by atoms with Crippen LogP contribution >= 0.6 is 0 Å². The molecule has 0 amide bonds. The molecule has 9 heteroatoms. The van der Waals surface area contributed by atoms with Gasteiger partial charge in [-0.2, -0.15) is 0 Å². The van der Waals surface area contributed by atoms with E-state index in [-0.39, 0.29) is 17.6 Å². The van der Waals surface area contributed by atoms with Crippen LogP contribution in [0.2, 0.25) is 0 Å². The number of hydrogen-bond acceptors (Lipinski definition) is 5. The third kappa shape index (κ3) is 3.52. The summed E-state index contributed by atoms with van der Waals surface area (Å²) >= 11 is 0. The van der Waals surface area contributed by atoms with Gasteiger partial charge >= 0.3 is 5.69 Å². The maximum atomic E-state index is 12.8. The molecule has 168 valence electrons. The lowest BCUT2D eigenvalue weighted by Gasteiger charge is -2.15. The number of anilines is 1. The van der Waals surface area contributed by atoms with E-state index >= 15 is 0 Å². The topological polar surface area (TPSA) is 90.3 Å². The van der Waals surface area contributed by atoms with E-state index in [1.807, 2.05) is 63.2 Å². The number of aryl methyl sites for hydroxylation is 2. The van der Waals surface area contributed by atoms with Crippen molar-refractivity contribution in [1.82, 2.24) is 14.3 Å². The highest BCUT2D eigenvalue weighted by Gasteiger charge is 2.27. The third-order valence-electron chi connectivity index (χ3n) is 5.64. The van der Waals surface area contributed by atoms with Crippen molar-refractivity contribution in [2.75, 3.05) is 17.6 Å². The monoisotopic (exact) mass is 454 g/mol. The summed E-state index contributed by atoms with van der Waals surface area (Å²) in [6.07, 6.45) is 1.11. The molecule has 0 aliphatic carbocycles. The van der Waals surface area contributed by atoms with Gasteiger partial charge in [0.25, 0.3) is 0 Å². The Hall–Kier alpha value is -3.33. The molecule has 0 saturated carbocycles. The van der Waals surface area contributed by atoms with E-state index in [0.29, 0.717) is 16.8 Å². The molecule has 32 heavy (non-hydrogen) atoms. The van der Waals surface area contributed by atoms with Gasteiger partial charge in [-0.3, -0.25) is 9.13 Å². The van der Waals surface area contributed by atoms with Gasteiger partial charge in [-0.15, -0.1) is 0 Å². The van der Waals surface area contributed by atoms with Crippen molar-refractivity contribution in [1.29, 1.82) is 0 Å². The predicted molar refractivity (Wildman–Crippen MR) is 126 cm³/mol. The minimum absolute atomic E-state index is 0.00225. The first kappa shape index (κ1) is 21.9. The summed E-state index contributed by atoms with van der Waals surface area (Å²) in [6.45, 7) is 5.90. The Kier molecular flexibility index (Phi) is 5.24. The van der Waals surface area contributed by atoms with Gasteiger partial charge in [0.05, 0.1) is 22.9 Å². The summed E-state index contributed by atoms with van der Waals surface area (Å²) in [6, 6.07) is 13.4. The standard InChI is InChI=1S/C23H26N4O4S/c1-14(2)27-18-11-10-16(13-19(18)25(4)23(27)28)20-21(17-9-7-8-15(3)12-17)24-31-22(20)26(5)32(6,29)30/h7-14H,1-6H3. The summed E-state index contributed by atoms with van der Waals surface area (Å²) in [7, 11) is -0.426. The molecule has 0 radical (unpaired) electrons. The Morgan fingerprint density at radius 3 is 2.41 bits per heavy atom. The summed E-state index contributed by atoms with van der Waals surface area (Å²) in [4.78, 5) is 12.8. The lowest BCUT2D eigenvalue weighted by Crippen LogP contribution is -2.24. The first-order valence-corrected chi connectivity index (χ1v) is 12.1. The molecule has 0 N–H and O–H groups in total. The fourth-order valence-corrected chi connectivity index (χ4v) is 4.34. The number of nitrogens with zero attached hydrogens (tertiary/aromatic N) is 4. The number of benzene rings is 2. The molecule has 8 nitrogen and oxygen atoms in total. The number of imidazole rings is 1. The Labute approximate surface area is 186 Å². The molecule has 0 saturated heterocycles. The van der Waals surface area contributed by atoms with Gasteiger partial charge in [0.1, 0.15) is 5.69 Å². The van der Waals surface area contributed by atoms with Gasteiger partial charge in [0.2, 0.25) is 15.9 Å². The molecule has 0 fully saturated rings. The van der Waals surface area contributed by atoms with E-state index in [0.717, 1.165) is 32.7 Å². The molecule has 0 spiro atoms. The van der Waals surface area contributed by atoms with Crippen LogP contribution in [-0.4, -0.2) is 36.0 Å². The molecule has 4 aromatic rings. The van der Waals surface area contributed by atoms with Gasteiger partial charge in [0.15, 0.2) is 0 Å². The maximum absolute atomic E-state index is 12.8. The zero-order chi connectivity index (χ0) is 23.4. The van der Waals surface area contributed by atoms with Gasteiger partial charge in [-0.05, 0) is 44.5 Å². The average molecular weight is 455 g/mol. The Morgan fingerprint density at radius 1 is 1.06 bits per heavy atom. The molecule has 0 atom stereocenters. The van der Waals surface area contributed by atoms with Crippen molar-refractivity contribution < 1.29 is 12.9 Å². The van der Waals surface area contributed by atoms with E-state index in [1.54, 1.807) is 16.2 Å². The molecule has 0 unspecified atom stereocenters. The van der Waals surface area contributed by atoms with Crippen molar-refractivity contribution in [3.8, 4) is 22.4 Å². The Morgan fingerprint density at radius 2 is 1.78 bits per heavy atom. The van der Waals surface area contributed by atoms with Crippen molar-refractivity contribution in [3.05, 3.63) is 58.5 Å². The SMILES string of the molecule is Cc1cccc(-c2noc(N(C)S(C)(=O)=O)c2-c2ccc3c(c2)n(C)c(=O)n3C(C)C)c1. The van der Waals surface area contributed by atoms with Crippen molar-refractivity contribution in [3.63, 3.8) is 0 Å². The molecule has 2 aromatic carbocycles. The quantitative estimate of drug-likeness (QED) is 0.455. The highest BCUT2D eigenvalue weighted by atomic mass is 32.2. The zero-order valence-corrected chi connectivity index (χ0v) is 19.8. The largest absolute Gasteiger partial charge is 0.336 e. The summed E-state index contributed by atoms with van der Waals surface area (Å²) in [5.41, 5.74) is 5.09. The average Bonchev–Trinajstić information content (AvgIpc) is 3.26. The first-order valence-electron chi connectivity index (χ1n) is 10.2. The van der Waals surface area contributed by atoms with Crippen LogP contribution < -0.4 is 9.99 Å². The minimum atomic E-state index is -3.59. The number of rotatable bonds is 5. The van der Waals surface area contributed by atoms with Crippen molar-refractivity contribution >= 4 is 26.9 Å². The van der Waals surface area contributed by atoms with Crippen LogP contribution in [0.5, 0.6) is 0 Å². The predicted octanol–water partition coefficient (Wildman–Crippen LogP) is 3.95. The van der Waals surface area contributed by atoms with Crippen LogP contribution in [0.4, 0.5) is 5.88 Å². The summed E-state index contributed by atoms with van der Waals surface area (Å²) in [5, 5.41) is 4.24. The number of hydrogen-bond donors (Lipinski definition) is 0. The highest BCUT2D eigenvalue weighted by molar-refractivity contribution is 7.92. The zero-order valence-electron chi connectivity index (χ0n) is 18.9. The normalized spacial score (nSPS) is 12.1. The van der Waals surface area contributed by atoms with Crippen LogP contribution in [0, 0.1) is 6.92 Å². The fraction of sp³-hybridized carbons (Fsp3) is 0.304. The van der Waals surface area contributed by atoms with Gasteiger partial charge in [0, 0.05) is 25.7 Å². The number of sulfonamides is 1. The van der Waals surface area contributed by atoms with E-state index in [9.17, 15) is 13.2 Å². The summed E-state index contributed by atoms with van der Waals surface area (Å²) in [5.74, 6) is 0.122. The van der Waals surface area contributed by atoms with Crippen LogP contribution in [0.25, 0.3) is 33.4 Å². The summed E-state index contributed by atoms with van der Waals surface area (Å²) < 4.78 is 34.6. The van der Waals surface area contributed by atoms with E-state index in [1.165, 1.54) is 7.05 Å². The lowest BCUT2D eigenvalue weighted by atomic mass is 9.99. The van der Waals surface area contributed by atoms with Crippen LogP contribution in [0.3, 0.4) is 0 Å². The van der Waals surface area contributed by atoms with Crippen LogP contribution in [0.15, 0.2) is 51.8 Å². The maximum Gasteiger partial charge on any atom is 0.329 e. The minimum Gasteiger partial charge on any atom is -0.336 e. The van der Waals surface area contributed by atoms with Gasteiger partial charge < -0.3 is 4.52 Å². The number of fused-ring (bicyclic) bond motifs is 1. The van der Waals surface area contributed by atoms with Crippen molar-refractivity contribution in [2.45, 2.75) is 26.8 Å². The van der Waals surface area contributed by atoms with E-state index < -0.39 is 10.0 Å². The Bertz CT molecular complexity index is 1490. The van der Waals surface area contributed by atoms with Crippen molar-refractivity contribution in [2.24, 2.45) is 7.05 Å². The van der Waals surface area contributed by atoms with E-state index in [2.05, 4.69) is 5.16 Å². The second kappa shape index (κ2) is 7.67. The first-order chi connectivity index (χ1) is 15.0. The van der Waals surface area contributed by atoms with Gasteiger partial charge in [-0.25, -0.2) is 17.5 Å². The second-order valence-electron chi connectivity index (χ2n) is 8.32. The Balaban J connectivity index is 2.03. The van der Waals surface area contributed by atoms with E-state index in [4.69, 9.17) is 4.52 Å². The molecular weight excluding hydrogens is 428 g/mol. The lowest BCUT2D eigenvalue weighted by molar-refractivity contribution is 0.430. The van der Waals surface area contributed by atoms with Crippen LogP contribution in [0.1, 0.15) is 25.5 Å². The molecule has 0 aliphatic rings. The molecular formula is C23H26N4O4S. The molecule has 0 aliphatic heterocycles. The molecule has 2 heterocycles. The third-order valence-corrected chi connectivity index (χ3v) is 6.80. The number of aromatic nitrogens is 3. The van der Waals surface area contributed by atoms with Crippen LogP contribution in [-0.2, 0) is 17.1 Å². The second-order valence-corrected chi connectivity index (χ2v) is 10.3. The molecule has 2 aromatic heterocycles. The smallest absolute Gasteiger partial charge is 0.329 e. The fourth-order valence-electron chi connectivity index (χ4n) is 3.91. The highest BCUT2D eigenvalue weighted by Crippen LogP contribution is 2.41.